The Hall–Kier alpha value is -3.67. The van der Waals surface area contributed by atoms with Crippen molar-refractivity contribution in [3.63, 3.8) is 0 Å². The van der Waals surface area contributed by atoms with Gasteiger partial charge in [0.1, 0.15) is 17.8 Å². The summed E-state index contributed by atoms with van der Waals surface area (Å²) in [5.74, 6) is -3.84. The van der Waals surface area contributed by atoms with E-state index in [2.05, 4.69) is 16.0 Å². The fraction of sp³-hybridized carbons (Fsp3) is 0.500. The van der Waals surface area contributed by atoms with Gasteiger partial charge < -0.3 is 37.6 Å². The van der Waals surface area contributed by atoms with Crippen LogP contribution >= 0.6 is 0 Å². The number of hydrogen-bond donors (Lipinski definition) is 7. The number of carboxylic acids is 1. The molecule has 0 heterocycles. The molecule has 0 saturated carbocycles. The van der Waals surface area contributed by atoms with Crippen LogP contribution in [0.5, 0.6) is 5.75 Å². The number of hydrogen-bond acceptors (Lipinski definition) is 7. The van der Waals surface area contributed by atoms with Gasteiger partial charge in [0.05, 0.1) is 12.6 Å². The van der Waals surface area contributed by atoms with Gasteiger partial charge in [-0.2, -0.15) is 0 Å². The Morgan fingerprint density at radius 3 is 2.12 bits per heavy atom. The molecule has 0 aliphatic heterocycles. The molecule has 0 spiro atoms. The first-order chi connectivity index (χ1) is 15.9. The highest BCUT2D eigenvalue weighted by atomic mass is 16.4. The van der Waals surface area contributed by atoms with Crippen LogP contribution in [0, 0.1) is 5.92 Å². The van der Waals surface area contributed by atoms with E-state index in [1.807, 2.05) is 13.8 Å². The van der Waals surface area contributed by atoms with E-state index >= 15 is 0 Å². The number of aromatic hydroxyl groups is 1. The smallest absolute Gasteiger partial charge is 0.326 e. The summed E-state index contributed by atoms with van der Waals surface area (Å²) in [5.41, 5.74) is 11.4. The first kappa shape index (κ1) is 28.4. The summed E-state index contributed by atoms with van der Waals surface area (Å²) in [6.45, 7) is 3.12. The summed E-state index contributed by atoms with van der Waals surface area (Å²) in [6, 6.07) is 2.64. The van der Waals surface area contributed by atoms with Crippen molar-refractivity contribution in [2.45, 2.75) is 57.7 Å². The monoisotopic (exact) mass is 479 g/mol. The number of carbonyl (C=O) groups is 5. The fourth-order valence-electron chi connectivity index (χ4n) is 3.01. The lowest BCUT2D eigenvalue weighted by Gasteiger charge is -2.21. The molecular weight excluding hydrogens is 446 g/mol. The van der Waals surface area contributed by atoms with Gasteiger partial charge in [-0.25, -0.2) is 4.79 Å². The van der Waals surface area contributed by atoms with Crippen LogP contribution < -0.4 is 27.4 Å². The average Bonchev–Trinajstić information content (AvgIpc) is 2.75. The molecule has 0 saturated heterocycles. The number of carbonyl (C=O) groups excluding carboxylic acids is 4. The Labute approximate surface area is 197 Å². The highest BCUT2D eigenvalue weighted by Crippen LogP contribution is 2.12. The molecule has 188 valence electrons. The number of primary amides is 1. The quantitative estimate of drug-likeness (QED) is 0.171. The largest absolute Gasteiger partial charge is 0.508 e. The lowest BCUT2D eigenvalue weighted by atomic mass is 10.0. The second-order valence-corrected chi connectivity index (χ2v) is 8.35. The van der Waals surface area contributed by atoms with Gasteiger partial charge in [0.25, 0.3) is 0 Å². The standard InChI is InChI=1S/C22H33N5O7/c1-12(2)9-17(22(33)34)26-19(30)11-25-21(32)16(10-13-3-5-14(28)6-4-13)27-20(31)15(23)7-8-18(24)29/h3-6,12,15-17,28H,7-11,23H2,1-2H3,(H2,24,29)(H,25,32)(H,26,30)(H,27,31)(H,33,34). The van der Waals surface area contributed by atoms with E-state index in [1.165, 1.54) is 12.1 Å². The van der Waals surface area contributed by atoms with Gasteiger partial charge in [-0.05, 0) is 36.5 Å². The van der Waals surface area contributed by atoms with Crippen molar-refractivity contribution in [3.05, 3.63) is 29.8 Å². The first-order valence-electron chi connectivity index (χ1n) is 10.8. The zero-order valence-electron chi connectivity index (χ0n) is 19.2. The average molecular weight is 480 g/mol. The van der Waals surface area contributed by atoms with Gasteiger partial charge >= 0.3 is 5.97 Å². The number of phenols is 1. The van der Waals surface area contributed by atoms with Crippen LogP contribution in [-0.2, 0) is 30.4 Å². The maximum absolute atomic E-state index is 12.8. The predicted octanol–water partition coefficient (Wildman–Crippen LogP) is -1.26. The third kappa shape index (κ3) is 10.8. The Morgan fingerprint density at radius 2 is 1.59 bits per heavy atom. The topological polar surface area (TPSA) is 214 Å². The molecule has 3 unspecified atom stereocenters. The number of nitrogens with one attached hydrogen (secondary N) is 3. The number of aliphatic carboxylic acids is 1. The molecule has 0 aliphatic carbocycles. The van der Waals surface area contributed by atoms with E-state index in [-0.39, 0.29) is 37.4 Å². The minimum absolute atomic E-state index is 0.0104. The minimum Gasteiger partial charge on any atom is -0.508 e. The Kier molecular flexibility index (Phi) is 11.5. The lowest BCUT2D eigenvalue weighted by Crippen LogP contribution is -2.54. The molecule has 12 heteroatoms. The van der Waals surface area contributed by atoms with Crippen molar-refractivity contribution in [2.24, 2.45) is 17.4 Å². The molecule has 4 amide bonds. The van der Waals surface area contributed by atoms with E-state index in [0.717, 1.165) is 0 Å². The summed E-state index contributed by atoms with van der Waals surface area (Å²) in [4.78, 5) is 59.6. The molecule has 1 aromatic carbocycles. The number of rotatable bonds is 14. The van der Waals surface area contributed by atoms with Crippen molar-refractivity contribution in [2.75, 3.05) is 6.54 Å². The molecule has 34 heavy (non-hydrogen) atoms. The van der Waals surface area contributed by atoms with Crippen LogP contribution in [0.25, 0.3) is 0 Å². The molecule has 3 atom stereocenters. The molecule has 0 radical (unpaired) electrons. The van der Waals surface area contributed by atoms with Crippen LogP contribution in [0.2, 0.25) is 0 Å². The lowest BCUT2D eigenvalue weighted by molar-refractivity contribution is -0.142. The highest BCUT2D eigenvalue weighted by Gasteiger charge is 2.26. The van der Waals surface area contributed by atoms with Crippen LogP contribution in [-0.4, -0.2) is 64.5 Å². The number of benzene rings is 1. The van der Waals surface area contributed by atoms with Crippen molar-refractivity contribution in [3.8, 4) is 5.75 Å². The van der Waals surface area contributed by atoms with E-state index in [0.29, 0.717) is 5.56 Å². The second kappa shape index (κ2) is 13.8. The zero-order valence-corrected chi connectivity index (χ0v) is 19.2. The third-order valence-electron chi connectivity index (χ3n) is 4.81. The summed E-state index contributed by atoms with van der Waals surface area (Å²) in [5, 5.41) is 25.9. The molecule has 9 N–H and O–H groups in total. The third-order valence-corrected chi connectivity index (χ3v) is 4.81. The number of nitrogens with two attached hydrogens (primary N) is 2. The molecule has 1 rings (SSSR count). The summed E-state index contributed by atoms with van der Waals surface area (Å²) >= 11 is 0. The van der Waals surface area contributed by atoms with Crippen molar-refractivity contribution in [1.29, 1.82) is 0 Å². The van der Waals surface area contributed by atoms with Gasteiger partial charge in [-0.15, -0.1) is 0 Å². The SMILES string of the molecule is CC(C)CC(NC(=O)CNC(=O)C(Cc1ccc(O)cc1)NC(=O)C(N)CCC(N)=O)C(=O)O. The van der Waals surface area contributed by atoms with Gasteiger partial charge in [-0.1, -0.05) is 26.0 Å². The van der Waals surface area contributed by atoms with E-state index in [4.69, 9.17) is 11.5 Å². The summed E-state index contributed by atoms with van der Waals surface area (Å²) in [6.07, 6.45) is 0.124. The van der Waals surface area contributed by atoms with E-state index < -0.39 is 54.3 Å². The van der Waals surface area contributed by atoms with Crippen molar-refractivity contribution in [1.82, 2.24) is 16.0 Å². The second-order valence-electron chi connectivity index (χ2n) is 8.35. The molecular formula is C22H33N5O7. The molecule has 0 fully saturated rings. The van der Waals surface area contributed by atoms with Crippen molar-refractivity contribution >= 4 is 29.6 Å². The number of carboxylic acid groups (broad SMARTS) is 1. The first-order valence-corrected chi connectivity index (χ1v) is 10.8. The van der Waals surface area contributed by atoms with Crippen LogP contribution in [0.1, 0.15) is 38.7 Å². The highest BCUT2D eigenvalue weighted by molar-refractivity contribution is 5.93. The maximum atomic E-state index is 12.8. The predicted molar refractivity (Wildman–Crippen MR) is 122 cm³/mol. The van der Waals surface area contributed by atoms with E-state index in [9.17, 15) is 34.2 Å². The van der Waals surface area contributed by atoms with Gasteiger partial charge in [-0.3, -0.25) is 19.2 Å². The number of phenolic OH excluding ortho intramolecular Hbond substituents is 1. The number of amides is 4. The molecule has 0 aliphatic rings. The van der Waals surface area contributed by atoms with Crippen LogP contribution in [0.15, 0.2) is 24.3 Å². The van der Waals surface area contributed by atoms with Gasteiger partial charge in [0, 0.05) is 12.8 Å². The van der Waals surface area contributed by atoms with Gasteiger partial charge in [0.15, 0.2) is 0 Å². The molecule has 0 bridgehead atoms. The normalized spacial score (nSPS) is 13.4. The Morgan fingerprint density at radius 1 is 0.971 bits per heavy atom. The van der Waals surface area contributed by atoms with Crippen LogP contribution in [0.4, 0.5) is 0 Å². The van der Waals surface area contributed by atoms with Gasteiger partial charge in [0.2, 0.25) is 23.6 Å². The Bertz CT molecular complexity index is 873. The van der Waals surface area contributed by atoms with Crippen molar-refractivity contribution < 1.29 is 34.2 Å². The zero-order chi connectivity index (χ0) is 25.8. The summed E-state index contributed by atoms with van der Waals surface area (Å²) < 4.78 is 0. The fourth-order valence-corrected chi connectivity index (χ4v) is 3.01. The summed E-state index contributed by atoms with van der Waals surface area (Å²) in [7, 11) is 0. The molecule has 12 nitrogen and oxygen atoms in total. The maximum Gasteiger partial charge on any atom is 0.326 e. The minimum atomic E-state index is -1.18. The van der Waals surface area contributed by atoms with E-state index in [1.54, 1.807) is 12.1 Å². The molecule has 0 aromatic heterocycles. The van der Waals surface area contributed by atoms with Crippen LogP contribution in [0.3, 0.4) is 0 Å². The Balaban J connectivity index is 2.83. The molecule has 1 aromatic rings.